The molecule has 1 aliphatic rings. The summed E-state index contributed by atoms with van der Waals surface area (Å²) in [6, 6.07) is 22.7. The minimum atomic E-state index is -0.100. The third kappa shape index (κ3) is 4.17. The van der Waals surface area contributed by atoms with Gasteiger partial charge < -0.3 is 9.30 Å². The van der Waals surface area contributed by atoms with Crippen LogP contribution < -0.4 is 0 Å². The van der Waals surface area contributed by atoms with Crippen LogP contribution in [0.2, 0.25) is 0 Å². The normalized spacial score (nSPS) is 19.9. The fourth-order valence-corrected chi connectivity index (χ4v) is 5.20. The van der Waals surface area contributed by atoms with Crippen LogP contribution in [-0.2, 0) is 22.7 Å². The SMILES string of the molecule is CC1(C)C(Sc2ccccc2)C1C(=O)OCn1ccc(Cc2ccccc2)c1. The number of hydrogen-bond acceptors (Lipinski definition) is 3. The molecule has 0 bridgehead atoms. The maximum atomic E-state index is 12.6. The molecule has 1 aromatic heterocycles. The molecule has 0 amide bonds. The van der Waals surface area contributed by atoms with E-state index in [9.17, 15) is 4.79 Å². The van der Waals surface area contributed by atoms with Crippen molar-refractivity contribution in [2.75, 3.05) is 0 Å². The summed E-state index contributed by atoms with van der Waals surface area (Å²) < 4.78 is 7.57. The maximum Gasteiger partial charge on any atom is 0.312 e. The van der Waals surface area contributed by atoms with E-state index in [1.807, 2.05) is 35.0 Å². The van der Waals surface area contributed by atoms with E-state index < -0.39 is 0 Å². The molecule has 0 aliphatic heterocycles. The van der Waals surface area contributed by atoms with Crippen molar-refractivity contribution in [2.45, 2.75) is 37.1 Å². The average molecular weight is 392 g/mol. The highest BCUT2D eigenvalue weighted by molar-refractivity contribution is 8.00. The molecule has 1 heterocycles. The molecular weight excluding hydrogens is 366 g/mol. The molecule has 1 fully saturated rings. The van der Waals surface area contributed by atoms with Gasteiger partial charge in [-0.2, -0.15) is 0 Å². The largest absolute Gasteiger partial charge is 0.444 e. The van der Waals surface area contributed by atoms with Gasteiger partial charge in [-0.25, -0.2) is 0 Å². The lowest BCUT2D eigenvalue weighted by atomic mass is 10.1. The Labute approximate surface area is 170 Å². The third-order valence-corrected chi connectivity index (χ3v) is 7.09. The monoisotopic (exact) mass is 391 g/mol. The number of carbonyl (C=O) groups is 1. The lowest BCUT2D eigenvalue weighted by molar-refractivity contribution is -0.149. The van der Waals surface area contributed by atoms with E-state index >= 15 is 0 Å². The molecule has 1 aliphatic carbocycles. The van der Waals surface area contributed by atoms with Crippen LogP contribution in [0.25, 0.3) is 0 Å². The number of nitrogens with zero attached hydrogens (tertiary/aromatic N) is 1. The Morgan fingerprint density at radius 2 is 1.68 bits per heavy atom. The molecule has 144 valence electrons. The molecule has 0 radical (unpaired) electrons. The van der Waals surface area contributed by atoms with E-state index in [0.29, 0.717) is 0 Å². The Morgan fingerprint density at radius 3 is 2.39 bits per heavy atom. The van der Waals surface area contributed by atoms with E-state index in [0.717, 1.165) is 6.42 Å². The highest BCUT2D eigenvalue weighted by atomic mass is 32.2. The Balaban J connectivity index is 1.31. The van der Waals surface area contributed by atoms with Crippen molar-refractivity contribution >= 4 is 17.7 Å². The lowest BCUT2D eigenvalue weighted by Crippen LogP contribution is -2.13. The Morgan fingerprint density at radius 1 is 1.00 bits per heavy atom. The first-order valence-corrected chi connectivity index (χ1v) is 10.5. The number of hydrogen-bond donors (Lipinski definition) is 0. The van der Waals surface area contributed by atoms with E-state index in [1.165, 1.54) is 16.0 Å². The summed E-state index contributed by atoms with van der Waals surface area (Å²) in [5.41, 5.74) is 2.46. The molecular formula is C24H25NO2S. The first-order chi connectivity index (χ1) is 13.5. The summed E-state index contributed by atoms with van der Waals surface area (Å²) in [5.74, 6) is -0.159. The number of esters is 1. The standard InChI is InChI=1S/C24H25NO2S/c1-24(2)21(22(24)28-20-11-7-4-8-12-20)23(26)27-17-25-14-13-19(16-25)15-18-9-5-3-6-10-18/h3-14,16,21-22H,15,17H2,1-2H3. The zero-order chi connectivity index (χ0) is 19.6. The zero-order valence-corrected chi connectivity index (χ0v) is 17.1. The number of carbonyl (C=O) groups excluding carboxylic acids is 1. The first-order valence-electron chi connectivity index (χ1n) is 9.61. The van der Waals surface area contributed by atoms with Gasteiger partial charge in [0.1, 0.15) is 0 Å². The van der Waals surface area contributed by atoms with Gasteiger partial charge in [0.2, 0.25) is 0 Å². The second-order valence-electron chi connectivity index (χ2n) is 7.94. The molecule has 2 aromatic carbocycles. The van der Waals surface area contributed by atoms with Gasteiger partial charge in [-0.3, -0.25) is 4.79 Å². The predicted molar refractivity (Wildman–Crippen MR) is 113 cm³/mol. The van der Waals surface area contributed by atoms with Crippen LogP contribution in [0.3, 0.4) is 0 Å². The van der Waals surface area contributed by atoms with Crippen molar-refractivity contribution in [1.29, 1.82) is 0 Å². The van der Waals surface area contributed by atoms with Gasteiger partial charge in [0, 0.05) is 22.5 Å². The van der Waals surface area contributed by atoms with E-state index in [2.05, 4.69) is 62.5 Å². The third-order valence-electron chi connectivity index (χ3n) is 5.41. The molecule has 28 heavy (non-hydrogen) atoms. The van der Waals surface area contributed by atoms with Crippen molar-refractivity contribution in [3.05, 3.63) is 90.3 Å². The molecule has 4 heteroatoms. The van der Waals surface area contributed by atoms with Crippen molar-refractivity contribution in [3.63, 3.8) is 0 Å². The van der Waals surface area contributed by atoms with Gasteiger partial charge in [0.15, 0.2) is 6.73 Å². The van der Waals surface area contributed by atoms with Crippen LogP contribution in [0.1, 0.15) is 25.0 Å². The van der Waals surface area contributed by atoms with Crippen molar-refractivity contribution < 1.29 is 9.53 Å². The molecule has 2 unspecified atom stereocenters. The topological polar surface area (TPSA) is 31.2 Å². The van der Waals surface area contributed by atoms with Crippen molar-refractivity contribution in [1.82, 2.24) is 4.57 Å². The minimum Gasteiger partial charge on any atom is -0.444 e. The van der Waals surface area contributed by atoms with Gasteiger partial charge >= 0.3 is 5.97 Å². The number of ether oxygens (including phenoxy) is 1. The summed E-state index contributed by atoms with van der Waals surface area (Å²) in [5, 5.41) is 0.265. The summed E-state index contributed by atoms with van der Waals surface area (Å²) in [7, 11) is 0. The van der Waals surface area contributed by atoms with E-state index in [-0.39, 0.29) is 29.3 Å². The van der Waals surface area contributed by atoms with Crippen molar-refractivity contribution in [2.24, 2.45) is 11.3 Å². The van der Waals surface area contributed by atoms with Crippen LogP contribution in [0.15, 0.2) is 84.0 Å². The lowest BCUT2D eigenvalue weighted by Gasteiger charge is -2.06. The van der Waals surface area contributed by atoms with Crippen LogP contribution in [0.5, 0.6) is 0 Å². The molecule has 3 nitrogen and oxygen atoms in total. The molecule has 0 N–H and O–H groups in total. The maximum absolute atomic E-state index is 12.6. The molecule has 2 atom stereocenters. The quantitative estimate of drug-likeness (QED) is 0.506. The van der Waals surface area contributed by atoms with Crippen LogP contribution in [0.4, 0.5) is 0 Å². The predicted octanol–water partition coefficient (Wildman–Crippen LogP) is 5.40. The minimum absolute atomic E-state index is 0.0350. The Kier molecular flexibility index (Phi) is 5.31. The van der Waals surface area contributed by atoms with Gasteiger partial charge in [-0.15, -0.1) is 11.8 Å². The number of aromatic nitrogens is 1. The first kappa shape index (κ1) is 18.9. The number of rotatable bonds is 7. The van der Waals surface area contributed by atoms with Gasteiger partial charge in [-0.05, 0) is 41.2 Å². The molecule has 0 spiro atoms. The van der Waals surface area contributed by atoms with Gasteiger partial charge in [0.05, 0.1) is 5.92 Å². The van der Waals surface area contributed by atoms with Crippen LogP contribution in [-0.4, -0.2) is 15.8 Å². The van der Waals surface area contributed by atoms with Gasteiger partial charge in [0.25, 0.3) is 0 Å². The van der Waals surface area contributed by atoms with Gasteiger partial charge in [-0.1, -0.05) is 62.4 Å². The summed E-state index contributed by atoms with van der Waals surface area (Å²) in [4.78, 5) is 13.8. The molecule has 1 saturated carbocycles. The smallest absolute Gasteiger partial charge is 0.312 e. The fraction of sp³-hybridized carbons (Fsp3) is 0.292. The van der Waals surface area contributed by atoms with Crippen molar-refractivity contribution in [3.8, 4) is 0 Å². The Bertz CT molecular complexity index is 934. The molecule has 4 rings (SSSR count). The van der Waals surface area contributed by atoms with E-state index in [1.54, 1.807) is 11.8 Å². The summed E-state index contributed by atoms with van der Waals surface area (Å²) in [6.07, 6.45) is 4.90. The summed E-state index contributed by atoms with van der Waals surface area (Å²) in [6.45, 7) is 4.56. The Hall–Kier alpha value is -2.46. The number of benzene rings is 2. The van der Waals surface area contributed by atoms with Crippen LogP contribution in [0, 0.1) is 11.3 Å². The highest BCUT2D eigenvalue weighted by Crippen LogP contribution is 2.61. The zero-order valence-electron chi connectivity index (χ0n) is 16.2. The fourth-order valence-electron chi connectivity index (χ4n) is 3.62. The molecule has 0 saturated heterocycles. The number of thioether (sulfide) groups is 1. The second-order valence-corrected chi connectivity index (χ2v) is 9.15. The molecule has 3 aromatic rings. The van der Waals surface area contributed by atoms with E-state index in [4.69, 9.17) is 4.74 Å². The second kappa shape index (κ2) is 7.88. The highest BCUT2D eigenvalue weighted by Gasteiger charge is 2.63. The van der Waals surface area contributed by atoms with Crippen LogP contribution >= 0.6 is 11.8 Å². The average Bonchev–Trinajstić information content (AvgIpc) is 3.02. The summed E-state index contributed by atoms with van der Waals surface area (Å²) >= 11 is 1.77.